The monoisotopic (exact) mass is 459 g/mol. The quantitative estimate of drug-likeness (QED) is 0.717. The summed E-state index contributed by atoms with van der Waals surface area (Å²) in [6.45, 7) is 6.26. The molecule has 0 aromatic heterocycles. The van der Waals surface area contributed by atoms with Gasteiger partial charge < -0.3 is 20.5 Å². The number of fused-ring (bicyclic) bond motifs is 3. The number of carbonyl (C=O) groups is 1. The van der Waals surface area contributed by atoms with E-state index in [9.17, 15) is 4.79 Å². The summed E-state index contributed by atoms with van der Waals surface area (Å²) in [7, 11) is 3.24. The van der Waals surface area contributed by atoms with E-state index < -0.39 is 0 Å². The molecule has 0 bridgehead atoms. The first-order valence-corrected chi connectivity index (χ1v) is 11.0. The molecule has 2 heterocycles. The van der Waals surface area contributed by atoms with Gasteiger partial charge in [0.05, 0.1) is 7.11 Å². The minimum absolute atomic E-state index is 0. The zero-order chi connectivity index (χ0) is 22.1. The van der Waals surface area contributed by atoms with Gasteiger partial charge in [0.1, 0.15) is 0 Å². The van der Waals surface area contributed by atoms with Gasteiger partial charge in [-0.25, -0.2) is 0 Å². The molecule has 3 atom stereocenters. The first kappa shape index (κ1) is 24.4. The maximum Gasteiger partial charge on any atom is 0.257 e. The first-order chi connectivity index (χ1) is 14.9. The summed E-state index contributed by atoms with van der Waals surface area (Å²) in [4.78, 5) is 14.2. The Kier molecular flexibility index (Phi) is 7.70. The van der Waals surface area contributed by atoms with Crippen molar-refractivity contribution in [2.24, 2.45) is 5.73 Å². The molecule has 0 saturated carbocycles. The SMILES string of the molecule is CNC(=O)COc1cc2c(cc1OC)[C@@H]1C[C@H](N)[C@@H](c3cc(C)ccc3C)CN1CC2.Cl. The smallest absolute Gasteiger partial charge is 0.257 e. The third kappa shape index (κ3) is 4.72. The normalized spacial score (nSPS) is 22.2. The number of halogens is 1. The van der Waals surface area contributed by atoms with Crippen molar-refractivity contribution in [3.8, 4) is 11.5 Å². The number of ether oxygens (including phenoxy) is 2. The third-order valence-corrected chi connectivity index (χ3v) is 6.81. The van der Waals surface area contributed by atoms with E-state index in [1.54, 1.807) is 14.2 Å². The number of carbonyl (C=O) groups excluding carboxylic acids is 1. The van der Waals surface area contributed by atoms with Gasteiger partial charge in [0, 0.05) is 38.1 Å². The second kappa shape index (κ2) is 10.1. The van der Waals surface area contributed by atoms with E-state index in [0.29, 0.717) is 17.4 Å². The molecule has 0 aliphatic carbocycles. The van der Waals surface area contributed by atoms with Crippen molar-refractivity contribution in [2.75, 3.05) is 33.9 Å². The van der Waals surface area contributed by atoms with Crippen molar-refractivity contribution < 1.29 is 14.3 Å². The molecule has 1 fully saturated rings. The van der Waals surface area contributed by atoms with Crippen LogP contribution in [0.1, 0.15) is 46.2 Å². The molecular weight excluding hydrogens is 426 g/mol. The molecule has 1 amide bonds. The highest BCUT2D eigenvalue weighted by Gasteiger charge is 2.39. The van der Waals surface area contributed by atoms with Gasteiger partial charge in [-0.05, 0) is 61.1 Å². The molecule has 2 aliphatic heterocycles. The molecule has 32 heavy (non-hydrogen) atoms. The van der Waals surface area contributed by atoms with E-state index in [0.717, 1.165) is 25.9 Å². The highest BCUT2D eigenvalue weighted by Crippen LogP contribution is 2.44. The Hall–Kier alpha value is -2.28. The van der Waals surface area contributed by atoms with Crippen molar-refractivity contribution in [3.05, 3.63) is 58.1 Å². The molecule has 2 aromatic carbocycles. The van der Waals surface area contributed by atoms with Gasteiger partial charge in [-0.2, -0.15) is 0 Å². The second-order valence-electron chi connectivity index (χ2n) is 8.79. The molecule has 0 spiro atoms. The van der Waals surface area contributed by atoms with E-state index in [-0.39, 0.29) is 37.0 Å². The number of methoxy groups -OCH3 is 1. The molecule has 2 aromatic rings. The summed E-state index contributed by atoms with van der Waals surface area (Å²) in [5.41, 5.74) is 13.3. The maximum absolute atomic E-state index is 11.6. The van der Waals surface area contributed by atoms with Crippen LogP contribution >= 0.6 is 12.4 Å². The number of likely N-dealkylation sites (N-methyl/N-ethyl adjacent to an activating group) is 1. The van der Waals surface area contributed by atoms with Gasteiger partial charge in [0.15, 0.2) is 18.1 Å². The molecule has 1 saturated heterocycles. The van der Waals surface area contributed by atoms with Crippen molar-refractivity contribution >= 4 is 18.3 Å². The van der Waals surface area contributed by atoms with Gasteiger partial charge in [0.25, 0.3) is 5.91 Å². The maximum atomic E-state index is 11.6. The Morgan fingerprint density at radius 3 is 2.69 bits per heavy atom. The van der Waals surface area contributed by atoms with E-state index in [1.807, 2.05) is 6.07 Å². The predicted octanol–water partition coefficient (Wildman–Crippen LogP) is 3.27. The van der Waals surface area contributed by atoms with Crippen LogP contribution < -0.4 is 20.5 Å². The summed E-state index contributed by atoms with van der Waals surface area (Å²) < 4.78 is 11.3. The number of nitrogens with two attached hydrogens (primary N) is 1. The number of nitrogens with zero attached hydrogens (tertiary/aromatic N) is 1. The summed E-state index contributed by atoms with van der Waals surface area (Å²) in [6, 6.07) is 11.2. The first-order valence-electron chi connectivity index (χ1n) is 11.0. The molecule has 0 radical (unpaired) electrons. The van der Waals surface area contributed by atoms with Gasteiger partial charge in [0.2, 0.25) is 0 Å². The van der Waals surface area contributed by atoms with Gasteiger partial charge in [-0.3, -0.25) is 9.69 Å². The average molecular weight is 460 g/mol. The Morgan fingerprint density at radius 2 is 1.97 bits per heavy atom. The Balaban J connectivity index is 0.00000289. The van der Waals surface area contributed by atoms with Crippen LogP contribution in [0.25, 0.3) is 0 Å². The van der Waals surface area contributed by atoms with E-state index in [1.165, 1.54) is 27.8 Å². The van der Waals surface area contributed by atoms with Crippen LogP contribution in [0.4, 0.5) is 0 Å². The summed E-state index contributed by atoms with van der Waals surface area (Å²) >= 11 is 0. The molecule has 4 rings (SSSR count). The molecule has 3 N–H and O–H groups in total. The molecule has 0 unspecified atom stereocenters. The van der Waals surface area contributed by atoms with Gasteiger partial charge >= 0.3 is 0 Å². The minimum atomic E-state index is -0.165. The lowest BCUT2D eigenvalue weighted by Crippen LogP contribution is -2.49. The van der Waals surface area contributed by atoms with Crippen molar-refractivity contribution in [1.82, 2.24) is 10.2 Å². The number of hydrogen-bond acceptors (Lipinski definition) is 5. The van der Waals surface area contributed by atoms with E-state index in [2.05, 4.69) is 48.3 Å². The van der Waals surface area contributed by atoms with Crippen LogP contribution in [-0.4, -0.2) is 50.7 Å². The van der Waals surface area contributed by atoms with E-state index in [4.69, 9.17) is 15.2 Å². The summed E-state index contributed by atoms with van der Waals surface area (Å²) in [5, 5.41) is 2.58. The van der Waals surface area contributed by atoms with Crippen molar-refractivity contribution in [3.63, 3.8) is 0 Å². The van der Waals surface area contributed by atoms with Crippen LogP contribution in [0.2, 0.25) is 0 Å². The molecule has 7 heteroatoms. The fourth-order valence-electron chi connectivity index (χ4n) is 5.04. The molecular formula is C25H34ClN3O3. The zero-order valence-electron chi connectivity index (χ0n) is 19.3. The van der Waals surface area contributed by atoms with Crippen LogP contribution in [0.3, 0.4) is 0 Å². The molecule has 6 nitrogen and oxygen atoms in total. The average Bonchev–Trinajstić information content (AvgIpc) is 2.78. The lowest BCUT2D eigenvalue weighted by atomic mass is 9.77. The van der Waals surface area contributed by atoms with Crippen LogP contribution in [0, 0.1) is 13.8 Å². The summed E-state index contributed by atoms with van der Waals surface area (Å²) in [6.07, 6.45) is 1.85. The van der Waals surface area contributed by atoms with E-state index >= 15 is 0 Å². The Morgan fingerprint density at radius 1 is 1.19 bits per heavy atom. The number of benzene rings is 2. The zero-order valence-corrected chi connectivity index (χ0v) is 20.1. The van der Waals surface area contributed by atoms with Crippen LogP contribution in [-0.2, 0) is 11.2 Å². The third-order valence-electron chi connectivity index (χ3n) is 6.81. The largest absolute Gasteiger partial charge is 0.493 e. The number of aryl methyl sites for hydroxylation is 2. The minimum Gasteiger partial charge on any atom is -0.493 e. The second-order valence-corrected chi connectivity index (χ2v) is 8.79. The topological polar surface area (TPSA) is 76.8 Å². The fraction of sp³-hybridized carbons (Fsp3) is 0.480. The fourth-order valence-corrected chi connectivity index (χ4v) is 5.04. The van der Waals surface area contributed by atoms with Crippen LogP contribution in [0.15, 0.2) is 30.3 Å². The van der Waals surface area contributed by atoms with Crippen LogP contribution in [0.5, 0.6) is 11.5 Å². The number of piperidine rings is 1. The standard InChI is InChI=1S/C25H33N3O3.ClH/c1-15-5-6-16(2)18(9-15)20-13-28-8-7-17-10-24(31-14-25(29)27-3)23(30-4)11-19(17)22(28)12-21(20)26;/h5-6,9-11,20-22H,7-8,12-14,26H2,1-4H3,(H,27,29);1H/t20-,21+,22+;/m1./s1. The number of amides is 1. The number of hydrogen-bond donors (Lipinski definition) is 2. The Bertz CT molecular complexity index is 981. The summed E-state index contributed by atoms with van der Waals surface area (Å²) in [5.74, 6) is 1.46. The van der Waals surface area contributed by atoms with Crippen molar-refractivity contribution in [1.29, 1.82) is 0 Å². The van der Waals surface area contributed by atoms with Crippen molar-refractivity contribution in [2.45, 2.75) is 44.7 Å². The highest BCUT2D eigenvalue weighted by atomic mass is 35.5. The van der Waals surface area contributed by atoms with Gasteiger partial charge in [-0.1, -0.05) is 23.8 Å². The lowest BCUT2D eigenvalue weighted by molar-refractivity contribution is -0.122. The van der Waals surface area contributed by atoms with Gasteiger partial charge in [-0.15, -0.1) is 12.4 Å². The lowest BCUT2D eigenvalue weighted by Gasteiger charge is -2.46. The number of nitrogens with one attached hydrogen (secondary N) is 1. The Labute approximate surface area is 196 Å². The predicted molar refractivity (Wildman–Crippen MR) is 129 cm³/mol. The molecule has 2 aliphatic rings. The molecule has 174 valence electrons. The highest BCUT2D eigenvalue weighted by molar-refractivity contribution is 5.85. The number of rotatable bonds is 5.